The molecular formula is C18H20ClNO. The molecule has 0 N–H and O–H groups in total. The molecule has 0 aromatic heterocycles. The van der Waals surface area contributed by atoms with E-state index in [1.54, 1.807) is 7.11 Å². The molecule has 0 saturated heterocycles. The normalized spacial score (nSPS) is 16.3. The van der Waals surface area contributed by atoms with E-state index < -0.39 is 0 Å². The number of rotatable bonds is 4. The highest BCUT2D eigenvalue weighted by Crippen LogP contribution is 2.27. The van der Waals surface area contributed by atoms with Gasteiger partial charge in [-0.05, 0) is 35.2 Å². The van der Waals surface area contributed by atoms with Gasteiger partial charge in [0.25, 0.3) is 0 Å². The van der Waals surface area contributed by atoms with Crippen molar-refractivity contribution < 1.29 is 4.74 Å². The Bertz CT molecular complexity index is 614. The van der Waals surface area contributed by atoms with Crippen LogP contribution >= 0.6 is 11.6 Å². The zero-order valence-corrected chi connectivity index (χ0v) is 13.0. The molecule has 3 heteroatoms. The van der Waals surface area contributed by atoms with Gasteiger partial charge in [-0.2, -0.15) is 0 Å². The van der Waals surface area contributed by atoms with Crippen molar-refractivity contribution in [2.45, 2.75) is 18.3 Å². The van der Waals surface area contributed by atoms with E-state index in [-0.39, 0.29) is 5.38 Å². The molecule has 2 aromatic rings. The van der Waals surface area contributed by atoms with Gasteiger partial charge in [0, 0.05) is 19.6 Å². The van der Waals surface area contributed by atoms with Crippen molar-refractivity contribution in [3.63, 3.8) is 0 Å². The van der Waals surface area contributed by atoms with Crippen molar-refractivity contribution in [1.82, 2.24) is 4.90 Å². The Morgan fingerprint density at radius 1 is 1.14 bits per heavy atom. The van der Waals surface area contributed by atoms with Gasteiger partial charge in [-0.15, -0.1) is 11.6 Å². The molecule has 0 radical (unpaired) electrons. The first-order valence-corrected chi connectivity index (χ1v) is 7.77. The van der Waals surface area contributed by atoms with Gasteiger partial charge >= 0.3 is 0 Å². The number of hydrogen-bond acceptors (Lipinski definition) is 2. The zero-order chi connectivity index (χ0) is 14.7. The molecule has 0 bridgehead atoms. The van der Waals surface area contributed by atoms with Gasteiger partial charge in [-0.1, -0.05) is 36.4 Å². The van der Waals surface area contributed by atoms with Crippen LogP contribution in [-0.4, -0.2) is 25.1 Å². The van der Waals surface area contributed by atoms with Gasteiger partial charge in [0.15, 0.2) is 0 Å². The predicted octanol–water partition coefficient (Wildman–Crippen LogP) is 4.03. The molecule has 2 nitrogen and oxygen atoms in total. The first-order valence-electron chi connectivity index (χ1n) is 7.33. The van der Waals surface area contributed by atoms with Gasteiger partial charge < -0.3 is 4.74 Å². The molecule has 0 aliphatic carbocycles. The molecule has 110 valence electrons. The smallest absolute Gasteiger partial charge is 0.119 e. The minimum Gasteiger partial charge on any atom is -0.497 e. The molecule has 0 spiro atoms. The summed E-state index contributed by atoms with van der Waals surface area (Å²) >= 11 is 6.60. The summed E-state index contributed by atoms with van der Waals surface area (Å²) in [5.41, 5.74) is 4.02. The Hall–Kier alpha value is -1.51. The maximum Gasteiger partial charge on any atom is 0.119 e. The molecule has 1 heterocycles. The number of ether oxygens (including phenoxy) is 1. The summed E-state index contributed by atoms with van der Waals surface area (Å²) in [4.78, 5) is 2.43. The second-order valence-corrected chi connectivity index (χ2v) is 6.02. The molecule has 0 fully saturated rings. The average molecular weight is 302 g/mol. The van der Waals surface area contributed by atoms with E-state index in [0.29, 0.717) is 0 Å². The van der Waals surface area contributed by atoms with Crippen LogP contribution in [0, 0.1) is 0 Å². The van der Waals surface area contributed by atoms with E-state index in [1.807, 2.05) is 18.2 Å². The molecule has 1 atom stereocenters. The Morgan fingerprint density at radius 2 is 1.95 bits per heavy atom. The molecule has 1 aliphatic heterocycles. The molecule has 1 unspecified atom stereocenters. The van der Waals surface area contributed by atoms with Crippen LogP contribution in [0.1, 0.15) is 22.1 Å². The van der Waals surface area contributed by atoms with Crippen LogP contribution < -0.4 is 4.74 Å². The van der Waals surface area contributed by atoms with Crippen LogP contribution in [0.5, 0.6) is 5.75 Å². The van der Waals surface area contributed by atoms with E-state index in [1.165, 1.54) is 11.1 Å². The average Bonchev–Trinajstić information content (AvgIpc) is 2.54. The lowest BCUT2D eigenvalue weighted by Crippen LogP contribution is -2.32. The highest BCUT2D eigenvalue weighted by Gasteiger charge is 2.19. The molecule has 0 saturated carbocycles. The van der Waals surface area contributed by atoms with E-state index >= 15 is 0 Å². The van der Waals surface area contributed by atoms with Gasteiger partial charge in [-0.3, -0.25) is 4.90 Å². The third-order valence-corrected chi connectivity index (χ3v) is 4.47. The summed E-state index contributed by atoms with van der Waals surface area (Å²) in [5, 5.41) is -0.00892. The lowest BCUT2D eigenvalue weighted by molar-refractivity contribution is 0.254. The van der Waals surface area contributed by atoms with Gasteiger partial charge in [0.2, 0.25) is 0 Å². The number of fused-ring (bicyclic) bond motifs is 1. The lowest BCUT2D eigenvalue weighted by Gasteiger charge is -2.30. The predicted molar refractivity (Wildman–Crippen MR) is 87.0 cm³/mol. The summed E-state index contributed by atoms with van der Waals surface area (Å²) in [6.45, 7) is 2.93. The van der Waals surface area contributed by atoms with Crippen LogP contribution in [0.2, 0.25) is 0 Å². The first kappa shape index (κ1) is 14.4. The van der Waals surface area contributed by atoms with Gasteiger partial charge in [-0.25, -0.2) is 0 Å². The van der Waals surface area contributed by atoms with Crippen LogP contribution in [0.15, 0.2) is 48.5 Å². The first-order chi connectivity index (χ1) is 10.3. The number of nitrogens with zero attached hydrogens (tertiary/aromatic N) is 1. The number of methoxy groups -OCH3 is 1. The summed E-state index contributed by atoms with van der Waals surface area (Å²) < 4.78 is 5.27. The number of benzene rings is 2. The second kappa shape index (κ2) is 6.50. The van der Waals surface area contributed by atoms with E-state index in [0.717, 1.165) is 37.4 Å². The van der Waals surface area contributed by atoms with Crippen molar-refractivity contribution in [1.29, 1.82) is 0 Å². The van der Waals surface area contributed by atoms with Crippen LogP contribution in [0.3, 0.4) is 0 Å². The fourth-order valence-electron chi connectivity index (χ4n) is 2.88. The van der Waals surface area contributed by atoms with Crippen molar-refractivity contribution in [2.24, 2.45) is 0 Å². The van der Waals surface area contributed by atoms with E-state index in [4.69, 9.17) is 16.3 Å². The summed E-state index contributed by atoms with van der Waals surface area (Å²) in [5.74, 6) is 0.863. The Labute approximate surface area is 131 Å². The Morgan fingerprint density at radius 3 is 2.76 bits per heavy atom. The van der Waals surface area contributed by atoms with Crippen molar-refractivity contribution in [3.8, 4) is 5.75 Å². The Balaban J connectivity index is 1.67. The van der Waals surface area contributed by atoms with Crippen LogP contribution in [0.25, 0.3) is 0 Å². The Kier molecular flexibility index (Phi) is 4.47. The minimum absolute atomic E-state index is 0.00892. The quantitative estimate of drug-likeness (QED) is 0.791. The molecule has 21 heavy (non-hydrogen) atoms. The van der Waals surface area contributed by atoms with Gasteiger partial charge in [0.05, 0.1) is 12.5 Å². The maximum absolute atomic E-state index is 6.60. The van der Waals surface area contributed by atoms with E-state index in [9.17, 15) is 0 Å². The lowest BCUT2D eigenvalue weighted by atomic mass is 9.99. The molecule has 1 aliphatic rings. The third-order valence-electron chi connectivity index (χ3n) is 4.08. The van der Waals surface area contributed by atoms with Crippen molar-refractivity contribution in [3.05, 3.63) is 65.2 Å². The van der Waals surface area contributed by atoms with Crippen LogP contribution in [0.4, 0.5) is 0 Å². The topological polar surface area (TPSA) is 12.5 Å². The number of hydrogen-bond donors (Lipinski definition) is 0. The fraction of sp³-hybridized carbons (Fsp3) is 0.333. The minimum atomic E-state index is -0.00892. The summed E-state index contributed by atoms with van der Waals surface area (Å²) in [6.07, 6.45) is 1.11. The monoisotopic (exact) mass is 301 g/mol. The highest BCUT2D eigenvalue weighted by molar-refractivity contribution is 6.21. The van der Waals surface area contributed by atoms with E-state index in [2.05, 4.69) is 35.2 Å². The summed E-state index contributed by atoms with van der Waals surface area (Å²) in [7, 11) is 1.68. The number of halogens is 1. The highest BCUT2D eigenvalue weighted by atomic mass is 35.5. The van der Waals surface area contributed by atoms with Crippen LogP contribution in [-0.2, 0) is 13.0 Å². The third kappa shape index (κ3) is 3.39. The zero-order valence-electron chi connectivity index (χ0n) is 12.3. The molecular weight excluding hydrogens is 282 g/mol. The fourth-order valence-corrected chi connectivity index (χ4v) is 3.21. The molecule has 3 rings (SSSR count). The second-order valence-electron chi connectivity index (χ2n) is 5.50. The summed E-state index contributed by atoms with van der Waals surface area (Å²) in [6, 6.07) is 16.7. The standard InChI is InChI=1S/C18H20ClNO/c1-21-17-8-4-7-15(11-17)18(19)13-20-10-9-14-5-2-3-6-16(14)12-20/h2-8,11,18H,9-10,12-13H2,1H3. The van der Waals surface area contributed by atoms with Crippen molar-refractivity contribution in [2.75, 3.05) is 20.2 Å². The largest absolute Gasteiger partial charge is 0.497 e. The molecule has 0 amide bonds. The number of alkyl halides is 1. The SMILES string of the molecule is COc1cccc(C(Cl)CN2CCc3ccccc3C2)c1. The molecule has 2 aromatic carbocycles. The van der Waals surface area contributed by atoms with Gasteiger partial charge in [0.1, 0.15) is 5.75 Å². The maximum atomic E-state index is 6.60. The van der Waals surface area contributed by atoms with Crippen molar-refractivity contribution >= 4 is 11.6 Å².